The van der Waals surface area contributed by atoms with E-state index in [0.29, 0.717) is 22.7 Å². The van der Waals surface area contributed by atoms with Crippen molar-refractivity contribution in [1.82, 2.24) is 19.5 Å². The number of fused-ring (bicyclic) bond motifs is 1. The van der Waals surface area contributed by atoms with E-state index in [2.05, 4.69) is 15.0 Å². The molecule has 12 heteroatoms. The fourth-order valence-corrected chi connectivity index (χ4v) is 4.38. The minimum absolute atomic E-state index is 0.0751. The number of nitrogens with two attached hydrogens (primary N) is 1. The van der Waals surface area contributed by atoms with E-state index in [1.54, 1.807) is 6.33 Å². The van der Waals surface area contributed by atoms with Gasteiger partial charge in [-0.25, -0.2) is 15.0 Å². The molecular weight excluding hydrogens is 417 g/mol. The second-order valence-corrected chi connectivity index (χ2v) is 9.81. The van der Waals surface area contributed by atoms with Crippen LogP contribution in [0.25, 0.3) is 11.2 Å². The molecule has 0 radical (unpaired) electrons. The summed E-state index contributed by atoms with van der Waals surface area (Å²) in [5, 5.41) is 0.0751. The highest BCUT2D eigenvalue weighted by molar-refractivity contribution is 8.13. The Morgan fingerprint density at radius 2 is 2.14 bits per heavy atom. The zero-order chi connectivity index (χ0) is 21.0. The zero-order valence-electron chi connectivity index (χ0n) is 16.7. The Hall–Kier alpha value is -1.52. The lowest BCUT2D eigenvalue weighted by molar-refractivity contribution is -0.117. The molecule has 1 fully saturated rings. The topological polar surface area (TPSA) is 131 Å². The standard InChI is InChI=1S/C17H26N5O5PS/c1-17(2,3)16(23)29-7-6-25-28(24)26-8-11-4-5-12(27-11)22-10-21-13-14(18)19-9-20-15(13)22/h9-12,28H,4-8H2,1-3H3,(H2,18,19,20)/t11-,12+/m1/s1. The lowest BCUT2D eigenvalue weighted by Gasteiger charge is -2.16. The van der Waals surface area contributed by atoms with Gasteiger partial charge in [-0.2, -0.15) is 0 Å². The van der Waals surface area contributed by atoms with E-state index >= 15 is 0 Å². The molecular formula is C17H26N5O5PS. The number of thioether (sulfide) groups is 1. The van der Waals surface area contributed by atoms with Crippen molar-refractivity contribution < 1.29 is 23.1 Å². The molecule has 10 nitrogen and oxygen atoms in total. The van der Waals surface area contributed by atoms with Gasteiger partial charge in [0.25, 0.3) is 0 Å². The second-order valence-electron chi connectivity index (χ2n) is 7.67. The van der Waals surface area contributed by atoms with E-state index in [1.165, 1.54) is 18.1 Å². The number of nitrogens with zero attached hydrogens (tertiary/aromatic N) is 4. The van der Waals surface area contributed by atoms with Crippen LogP contribution in [0.2, 0.25) is 0 Å². The van der Waals surface area contributed by atoms with Crippen molar-refractivity contribution in [2.75, 3.05) is 24.7 Å². The number of anilines is 1. The number of nitrogen functional groups attached to an aromatic ring is 1. The Labute approximate surface area is 173 Å². The Bertz CT molecular complexity index is 887. The second kappa shape index (κ2) is 9.53. The molecule has 1 saturated heterocycles. The van der Waals surface area contributed by atoms with Crippen molar-refractivity contribution in [2.24, 2.45) is 5.41 Å². The molecule has 1 aliphatic rings. The molecule has 0 spiro atoms. The minimum atomic E-state index is -2.63. The van der Waals surface area contributed by atoms with Gasteiger partial charge in [0.05, 0.1) is 25.6 Å². The van der Waals surface area contributed by atoms with Gasteiger partial charge in [0, 0.05) is 11.2 Å². The fourth-order valence-electron chi connectivity index (χ4n) is 2.77. The van der Waals surface area contributed by atoms with E-state index in [4.69, 9.17) is 19.5 Å². The first kappa shape index (κ1) is 22.2. The van der Waals surface area contributed by atoms with Crippen LogP contribution in [0.4, 0.5) is 5.82 Å². The van der Waals surface area contributed by atoms with Crippen LogP contribution >= 0.6 is 20.0 Å². The highest BCUT2D eigenvalue weighted by atomic mass is 32.2. The largest absolute Gasteiger partial charge is 0.382 e. The molecule has 1 unspecified atom stereocenters. The third kappa shape index (κ3) is 5.76. The minimum Gasteiger partial charge on any atom is -0.382 e. The normalized spacial score (nSPS) is 20.9. The van der Waals surface area contributed by atoms with Crippen molar-refractivity contribution >= 4 is 42.1 Å². The molecule has 2 aromatic heterocycles. The molecule has 0 aliphatic carbocycles. The van der Waals surface area contributed by atoms with Gasteiger partial charge in [0.2, 0.25) is 0 Å². The lowest BCUT2D eigenvalue weighted by atomic mass is 10.00. The molecule has 0 amide bonds. The SMILES string of the molecule is CC(C)(C)C(=O)SCCO[PH](=O)OC[C@H]1CC[C@@H](n2cnc3c(N)ncnc32)O1. The van der Waals surface area contributed by atoms with Gasteiger partial charge < -0.3 is 19.5 Å². The number of rotatable bonds is 8. The number of imidazole rings is 1. The first-order valence-corrected chi connectivity index (χ1v) is 11.5. The van der Waals surface area contributed by atoms with Crippen molar-refractivity contribution in [3.63, 3.8) is 0 Å². The summed E-state index contributed by atoms with van der Waals surface area (Å²) in [4.78, 5) is 24.2. The number of ether oxygens (including phenoxy) is 1. The van der Waals surface area contributed by atoms with E-state index in [0.717, 1.165) is 12.8 Å². The highest BCUT2D eigenvalue weighted by Gasteiger charge is 2.29. The van der Waals surface area contributed by atoms with Gasteiger partial charge in [-0.05, 0) is 12.8 Å². The number of carbonyl (C=O) groups excluding carboxylic acids is 1. The maximum absolute atomic E-state index is 11.9. The average Bonchev–Trinajstić information content (AvgIpc) is 3.30. The number of aromatic nitrogens is 4. The average molecular weight is 443 g/mol. The maximum atomic E-state index is 11.9. The van der Waals surface area contributed by atoms with Crippen molar-refractivity contribution in [3.8, 4) is 0 Å². The molecule has 0 bridgehead atoms. The lowest BCUT2D eigenvalue weighted by Crippen LogP contribution is -2.17. The zero-order valence-corrected chi connectivity index (χ0v) is 18.5. The Balaban J connectivity index is 1.39. The van der Waals surface area contributed by atoms with Gasteiger partial charge in [0.15, 0.2) is 16.6 Å². The number of hydrogen-bond acceptors (Lipinski definition) is 10. The van der Waals surface area contributed by atoms with Crippen LogP contribution in [0.5, 0.6) is 0 Å². The van der Waals surface area contributed by atoms with Crippen LogP contribution in [0.15, 0.2) is 12.7 Å². The van der Waals surface area contributed by atoms with Crippen LogP contribution in [-0.2, 0) is 23.1 Å². The van der Waals surface area contributed by atoms with Gasteiger partial charge in [-0.15, -0.1) is 0 Å². The quantitative estimate of drug-likeness (QED) is 0.480. The van der Waals surface area contributed by atoms with Crippen LogP contribution in [0, 0.1) is 5.41 Å². The summed E-state index contributed by atoms with van der Waals surface area (Å²) >= 11 is 1.17. The summed E-state index contributed by atoms with van der Waals surface area (Å²) in [5.74, 6) is 0.765. The predicted octanol–water partition coefficient (Wildman–Crippen LogP) is 2.81. The van der Waals surface area contributed by atoms with Gasteiger partial charge in [-0.1, -0.05) is 32.5 Å². The van der Waals surface area contributed by atoms with Crippen LogP contribution in [-0.4, -0.2) is 49.7 Å². The molecule has 29 heavy (non-hydrogen) atoms. The fraction of sp³-hybridized carbons (Fsp3) is 0.647. The molecule has 2 aromatic rings. The third-order valence-corrected chi connectivity index (χ3v) is 6.41. The van der Waals surface area contributed by atoms with Gasteiger partial charge >= 0.3 is 8.25 Å². The van der Waals surface area contributed by atoms with E-state index in [1.807, 2.05) is 25.3 Å². The monoisotopic (exact) mass is 443 g/mol. The summed E-state index contributed by atoms with van der Waals surface area (Å²) < 4.78 is 30.2. The summed E-state index contributed by atoms with van der Waals surface area (Å²) in [5.41, 5.74) is 6.56. The first-order valence-electron chi connectivity index (χ1n) is 9.31. The molecule has 3 atom stereocenters. The Morgan fingerprint density at radius 3 is 2.90 bits per heavy atom. The van der Waals surface area contributed by atoms with E-state index in [9.17, 15) is 9.36 Å². The van der Waals surface area contributed by atoms with E-state index in [-0.39, 0.29) is 30.7 Å². The first-order chi connectivity index (χ1) is 13.8. The summed E-state index contributed by atoms with van der Waals surface area (Å²) in [6, 6.07) is 0. The predicted molar refractivity (Wildman–Crippen MR) is 111 cm³/mol. The molecule has 1 aliphatic heterocycles. The Morgan fingerprint density at radius 1 is 1.34 bits per heavy atom. The summed E-state index contributed by atoms with van der Waals surface area (Å²) in [6.45, 7) is 5.95. The van der Waals surface area contributed by atoms with Crippen LogP contribution in [0.3, 0.4) is 0 Å². The molecule has 2 N–H and O–H groups in total. The summed E-state index contributed by atoms with van der Waals surface area (Å²) in [7, 11) is -2.63. The molecule has 160 valence electrons. The van der Waals surface area contributed by atoms with Crippen LogP contribution < -0.4 is 5.73 Å². The smallest absolute Gasteiger partial charge is 0.319 e. The highest BCUT2D eigenvalue weighted by Crippen LogP contribution is 2.33. The number of carbonyl (C=O) groups is 1. The van der Waals surface area contributed by atoms with E-state index < -0.39 is 13.7 Å². The van der Waals surface area contributed by atoms with Gasteiger partial charge in [0.1, 0.15) is 18.1 Å². The Kier molecular flexibility index (Phi) is 7.28. The maximum Gasteiger partial charge on any atom is 0.319 e. The molecule has 3 heterocycles. The third-order valence-electron chi connectivity index (χ3n) is 4.32. The molecule has 0 saturated carbocycles. The molecule has 3 rings (SSSR count). The van der Waals surface area contributed by atoms with Crippen LogP contribution in [0.1, 0.15) is 39.8 Å². The van der Waals surface area contributed by atoms with Crippen molar-refractivity contribution in [3.05, 3.63) is 12.7 Å². The summed E-state index contributed by atoms with van der Waals surface area (Å²) in [6.07, 6.45) is 4.07. The van der Waals surface area contributed by atoms with Gasteiger partial charge in [-0.3, -0.25) is 13.9 Å². The number of hydrogen-bond donors (Lipinski definition) is 1. The van der Waals surface area contributed by atoms with Crippen molar-refractivity contribution in [2.45, 2.75) is 45.9 Å². The van der Waals surface area contributed by atoms with Crippen molar-refractivity contribution in [1.29, 1.82) is 0 Å². The molecule has 0 aromatic carbocycles.